The van der Waals surface area contributed by atoms with E-state index in [0.29, 0.717) is 18.3 Å². The van der Waals surface area contributed by atoms with Gasteiger partial charge in [-0.15, -0.1) is 10.2 Å². The summed E-state index contributed by atoms with van der Waals surface area (Å²) in [6, 6.07) is 17.6. The maximum atomic E-state index is 12.0. The van der Waals surface area contributed by atoms with Gasteiger partial charge in [-0.2, -0.15) is 0 Å². The lowest BCUT2D eigenvalue weighted by atomic mass is 10.1. The molecule has 6 nitrogen and oxygen atoms in total. The Morgan fingerprint density at radius 3 is 2.63 bits per heavy atom. The van der Waals surface area contributed by atoms with E-state index < -0.39 is 0 Å². The number of carbonyl (C=O) groups excluding carboxylic acids is 1. The topological polar surface area (TPSA) is 69.0 Å². The lowest BCUT2D eigenvalue weighted by Gasteiger charge is -2.08. The molecule has 0 aliphatic heterocycles. The van der Waals surface area contributed by atoms with Crippen molar-refractivity contribution in [3.05, 3.63) is 60.2 Å². The Kier molecular flexibility index (Phi) is 6.49. The molecule has 1 amide bonds. The molecule has 0 radical (unpaired) electrons. The molecule has 0 aliphatic rings. The van der Waals surface area contributed by atoms with E-state index in [2.05, 4.69) is 15.5 Å². The minimum atomic E-state index is -0.0582. The van der Waals surface area contributed by atoms with Crippen LogP contribution in [0.2, 0.25) is 0 Å². The number of aromatic nitrogens is 3. The van der Waals surface area contributed by atoms with E-state index in [1.165, 1.54) is 11.8 Å². The number of carbonyl (C=O) groups is 1. The van der Waals surface area contributed by atoms with Crippen molar-refractivity contribution >= 4 is 17.7 Å². The zero-order chi connectivity index (χ0) is 19.1. The quantitative estimate of drug-likeness (QED) is 0.479. The molecule has 7 heteroatoms. The van der Waals surface area contributed by atoms with Crippen molar-refractivity contribution in [2.24, 2.45) is 7.05 Å². The largest absolute Gasteiger partial charge is 0.492 e. The van der Waals surface area contributed by atoms with Gasteiger partial charge in [0.1, 0.15) is 12.4 Å². The molecule has 1 heterocycles. The van der Waals surface area contributed by atoms with Crippen LogP contribution in [0.25, 0.3) is 11.4 Å². The lowest BCUT2D eigenvalue weighted by Crippen LogP contribution is -2.29. The number of rotatable bonds is 8. The van der Waals surface area contributed by atoms with E-state index in [-0.39, 0.29) is 11.7 Å². The van der Waals surface area contributed by atoms with Crippen LogP contribution in [0.5, 0.6) is 5.75 Å². The fourth-order valence-electron chi connectivity index (χ4n) is 2.56. The molecule has 1 N–H and O–H groups in total. The Bertz CT molecular complexity index is 896. The molecule has 0 saturated heterocycles. The molecular weight excluding hydrogens is 360 g/mol. The number of aryl methyl sites for hydroxylation is 1. The summed E-state index contributed by atoms with van der Waals surface area (Å²) in [5.41, 5.74) is 2.18. The van der Waals surface area contributed by atoms with Crippen molar-refractivity contribution in [3.63, 3.8) is 0 Å². The summed E-state index contributed by atoms with van der Waals surface area (Å²) in [6.07, 6.45) is 0. The Labute approximate surface area is 163 Å². The average molecular weight is 382 g/mol. The van der Waals surface area contributed by atoms with Crippen LogP contribution in [0.1, 0.15) is 5.56 Å². The summed E-state index contributed by atoms with van der Waals surface area (Å²) in [5.74, 6) is 1.82. The number of benzene rings is 2. The van der Waals surface area contributed by atoms with Crippen LogP contribution in [0.3, 0.4) is 0 Å². The van der Waals surface area contributed by atoms with E-state index in [9.17, 15) is 4.79 Å². The average Bonchev–Trinajstić information content (AvgIpc) is 3.05. The molecule has 0 unspecified atom stereocenters. The molecule has 3 rings (SSSR count). The number of thioether (sulfide) groups is 1. The van der Waals surface area contributed by atoms with Gasteiger partial charge >= 0.3 is 0 Å². The number of amides is 1. The van der Waals surface area contributed by atoms with E-state index in [1.54, 1.807) is 0 Å². The van der Waals surface area contributed by atoms with Crippen molar-refractivity contribution in [1.29, 1.82) is 0 Å². The fourth-order valence-corrected chi connectivity index (χ4v) is 3.30. The molecule has 0 saturated carbocycles. The second-order valence-electron chi connectivity index (χ2n) is 5.98. The predicted molar refractivity (Wildman–Crippen MR) is 107 cm³/mol. The third kappa shape index (κ3) is 5.10. The molecule has 0 fully saturated rings. The maximum absolute atomic E-state index is 12.0. The summed E-state index contributed by atoms with van der Waals surface area (Å²) in [7, 11) is 1.91. The molecule has 0 aliphatic carbocycles. The third-order valence-electron chi connectivity index (χ3n) is 3.99. The van der Waals surface area contributed by atoms with Gasteiger partial charge in [-0.05, 0) is 24.6 Å². The van der Waals surface area contributed by atoms with Crippen LogP contribution >= 0.6 is 11.8 Å². The molecule has 3 aromatic rings. The first-order valence-electron chi connectivity index (χ1n) is 8.68. The molecule has 1 aromatic heterocycles. The van der Waals surface area contributed by atoms with E-state index in [0.717, 1.165) is 22.7 Å². The molecule has 27 heavy (non-hydrogen) atoms. The number of nitrogens with one attached hydrogen (secondary N) is 1. The van der Waals surface area contributed by atoms with Crippen LogP contribution in [-0.4, -0.2) is 39.6 Å². The van der Waals surface area contributed by atoms with Crippen LogP contribution in [0.4, 0.5) is 0 Å². The minimum Gasteiger partial charge on any atom is -0.492 e. The predicted octanol–water partition coefficient (Wildman–Crippen LogP) is 3.08. The lowest BCUT2D eigenvalue weighted by molar-refractivity contribution is -0.118. The van der Waals surface area contributed by atoms with Gasteiger partial charge in [-0.1, -0.05) is 54.2 Å². The van der Waals surface area contributed by atoms with Gasteiger partial charge in [0.05, 0.1) is 12.3 Å². The highest BCUT2D eigenvalue weighted by atomic mass is 32.2. The number of hydrogen-bond donors (Lipinski definition) is 1. The van der Waals surface area contributed by atoms with Gasteiger partial charge in [-0.25, -0.2) is 0 Å². The smallest absolute Gasteiger partial charge is 0.230 e. The number of nitrogens with zero attached hydrogens (tertiary/aromatic N) is 3. The Hall–Kier alpha value is -2.80. The standard InChI is InChI=1S/C20H22N4O2S/c1-15-8-6-7-11-17(15)19-22-23-20(24(19)2)27-14-18(25)21-12-13-26-16-9-4-3-5-10-16/h3-11H,12-14H2,1-2H3,(H,21,25). The summed E-state index contributed by atoms with van der Waals surface area (Å²) < 4.78 is 7.47. The summed E-state index contributed by atoms with van der Waals surface area (Å²) >= 11 is 1.37. The fraction of sp³-hybridized carbons (Fsp3) is 0.250. The molecule has 2 aromatic carbocycles. The van der Waals surface area contributed by atoms with Crippen molar-refractivity contribution in [2.45, 2.75) is 12.1 Å². The minimum absolute atomic E-state index is 0.0582. The number of ether oxygens (including phenoxy) is 1. The zero-order valence-electron chi connectivity index (χ0n) is 15.4. The summed E-state index contributed by atoms with van der Waals surface area (Å²) in [6.45, 7) is 2.94. The zero-order valence-corrected chi connectivity index (χ0v) is 16.2. The molecule has 0 spiro atoms. The van der Waals surface area contributed by atoms with Crippen LogP contribution < -0.4 is 10.1 Å². The molecular formula is C20H22N4O2S. The van der Waals surface area contributed by atoms with Crippen LogP contribution in [0.15, 0.2) is 59.8 Å². The Balaban J connectivity index is 1.46. The first-order chi connectivity index (χ1) is 13.1. The maximum Gasteiger partial charge on any atom is 0.230 e. The van der Waals surface area contributed by atoms with E-state index >= 15 is 0 Å². The second-order valence-corrected chi connectivity index (χ2v) is 6.92. The van der Waals surface area contributed by atoms with Gasteiger partial charge in [0.15, 0.2) is 11.0 Å². The highest BCUT2D eigenvalue weighted by Crippen LogP contribution is 2.24. The van der Waals surface area contributed by atoms with E-state index in [4.69, 9.17) is 4.74 Å². The van der Waals surface area contributed by atoms with Crippen molar-refractivity contribution in [2.75, 3.05) is 18.9 Å². The van der Waals surface area contributed by atoms with Crippen molar-refractivity contribution in [3.8, 4) is 17.1 Å². The van der Waals surface area contributed by atoms with Gasteiger partial charge in [0.2, 0.25) is 5.91 Å². The number of hydrogen-bond acceptors (Lipinski definition) is 5. The Morgan fingerprint density at radius 1 is 1.11 bits per heavy atom. The van der Waals surface area contributed by atoms with Crippen molar-refractivity contribution < 1.29 is 9.53 Å². The SMILES string of the molecule is Cc1ccccc1-c1nnc(SCC(=O)NCCOc2ccccc2)n1C. The van der Waals surface area contributed by atoms with Gasteiger partial charge in [0.25, 0.3) is 0 Å². The first-order valence-corrected chi connectivity index (χ1v) is 9.66. The monoisotopic (exact) mass is 382 g/mol. The Morgan fingerprint density at radius 2 is 1.85 bits per heavy atom. The highest BCUT2D eigenvalue weighted by molar-refractivity contribution is 7.99. The molecule has 0 bridgehead atoms. The van der Waals surface area contributed by atoms with Crippen LogP contribution in [0, 0.1) is 6.92 Å². The highest BCUT2D eigenvalue weighted by Gasteiger charge is 2.14. The first kappa shape index (κ1) is 19.0. The van der Waals surface area contributed by atoms with Gasteiger partial charge < -0.3 is 14.6 Å². The molecule has 0 atom stereocenters. The molecule has 140 valence electrons. The second kappa shape index (κ2) is 9.23. The van der Waals surface area contributed by atoms with Crippen molar-refractivity contribution in [1.82, 2.24) is 20.1 Å². The van der Waals surface area contributed by atoms with Crippen LogP contribution in [-0.2, 0) is 11.8 Å². The summed E-state index contributed by atoms with van der Waals surface area (Å²) in [4.78, 5) is 12.0. The summed E-state index contributed by atoms with van der Waals surface area (Å²) in [5, 5.41) is 12.0. The van der Waals surface area contributed by atoms with Gasteiger partial charge in [0, 0.05) is 12.6 Å². The van der Waals surface area contributed by atoms with E-state index in [1.807, 2.05) is 73.1 Å². The number of para-hydroxylation sites is 1. The normalized spacial score (nSPS) is 10.6. The van der Waals surface area contributed by atoms with Gasteiger partial charge in [-0.3, -0.25) is 4.79 Å². The third-order valence-corrected chi connectivity index (χ3v) is 5.01.